The third kappa shape index (κ3) is 3.49. The Balaban J connectivity index is 2.37. The van der Waals surface area contributed by atoms with Gasteiger partial charge in [0, 0.05) is 12.1 Å². The average molecular weight is 332 g/mol. The number of carbonyl (C=O) groups is 3. The minimum absolute atomic E-state index is 0.0257. The van der Waals surface area contributed by atoms with Gasteiger partial charge in [0.25, 0.3) is 5.91 Å². The van der Waals surface area contributed by atoms with Crippen LogP contribution in [-0.2, 0) is 15.8 Å². The molecule has 124 valence electrons. The number of hydrogen-bond donors (Lipinski definition) is 1. The van der Waals surface area contributed by atoms with Crippen molar-refractivity contribution in [2.45, 2.75) is 25.6 Å². The van der Waals surface area contributed by atoms with E-state index in [0.717, 1.165) is 4.90 Å². The van der Waals surface area contributed by atoms with Crippen LogP contribution in [0, 0.1) is 5.82 Å². The molecule has 1 aromatic rings. The van der Waals surface area contributed by atoms with Gasteiger partial charge < -0.3 is 4.90 Å². The number of carbonyl (C=O) groups excluding carboxylic acids is 3. The van der Waals surface area contributed by atoms with Gasteiger partial charge in [-0.25, -0.2) is 4.39 Å². The van der Waals surface area contributed by atoms with E-state index in [1.54, 1.807) is 0 Å². The fourth-order valence-corrected chi connectivity index (χ4v) is 2.34. The molecule has 0 aliphatic carbocycles. The molecule has 1 aliphatic rings. The van der Waals surface area contributed by atoms with Crippen molar-refractivity contribution in [2.75, 3.05) is 6.54 Å². The average Bonchev–Trinajstić information content (AvgIpc) is 2.77. The van der Waals surface area contributed by atoms with E-state index < -0.39 is 46.9 Å². The molecule has 1 aliphatic heterocycles. The van der Waals surface area contributed by atoms with Crippen LogP contribution in [0.4, 0.5) is 17.6 Å². The number of nitrogens with one attached hydrogen (secondary N) is 1. The van der Waals surface area contributed by atoms with Gasteiger partial charge in [-0.2, -0.15) is 13.2 Å². The SMILES string of the molecule is CCN(C(=O)c1cc(F)cc(C(F)(F)F)c1)C1CC(=O)NC1=O. The Morgan fingerprint density at radius 2 is 1.96 bits per heavy atom. The Hall–Kier alpha value is -2.45. The highest BCUT2D eigenvalue weighted by Gasteiger charge is 2.38. The summed E-state index contributed by atoms with van der Waals surface area (Å²) in [4.78, 5) is 36.1. The Labute approximate surface area is 128 Å². The van der Waals surface area contributed by atoms with Crippen molar-refractivity contribution in [1.29, 1.82) is 0 Å². The van der Waals surface area contributed by atoms with E-state index in [1.807, 2.05) is 5.32 Å². The number of benzene rings is 1. The molecule has 1 saturated heterocycles. The summed E-state index contributed by atoms with van der Waals surface area (Å²) >= 11 is 0. The maximum atomic E-state index is 13.4. The van der Waals surface area contributed by atoms with Crippen LogP contribution in [0.15, 0.2) is 18.2 Å². The lowest BCUT2D eigenvalue weighted by atomic mass is 10.1. The highest BCUT2D eigenvalue weighted by Crippen LogP contribution is 2.31. The summed E-state index contributed by atoms with van der Waals surface area (Å²) in [7, 11) is 0. The highest BCUT2D eigenvalue weighted by atomic mass is 19.4. The van der Waals surface area contributed by atoms with Gasteiger partial charge in [-0.1, -0.05) is 0 Å². The first kappa shape index (κ1) is 16.9. The molecule has 9 heteroatoms. The molecule has 1 unspecified atom stereocenters. The molecule has 1 heterocycles. The summed E-state index contributed by atoms with van der Waals surface area (Å²) < 4.78 is 51.5. The number of likely N-dealkylation sites (N-methyl/N-ethyl adjacent to an activating group) is 1. The first-order chi connectivity index (χ1) is 10.6. The molecule has 0 saturated carbocycles. The van der Waals surface area contributed by atoms with Crippen LogP contribution in [0.2, 0.25) is 0 Å². The quantitative estimate of drug-likeness (QED) is 0.677. The number of halogens is 4. The van der Waals surface area contributed by atoms with Gasteiger partial charge in [0.05, 0.1) is 12.0 Å². The van der Waals surface area contributed by atoms with Crippen molar-refractivity contribution < 1.29 is 31.9 Å². The Morgan fingerprint density at radius 1 is 1.30 bits per heavy atom. The zero-order valence-electron chi connectivity index (χ0n) is 11.9. The second-order valence-electron chi connectivity index (χ2n) is 4.95. The van der Waals surface area contributed by atoms with Crippen LogP contribution in [0.3, 0.4) is 0 Å². The lowest BCUT2D eigenvalue weighted by molar-refractivity contribution is -0.137. The molecule has 23 heavy (non-hydrogen) atoms. The standard InChI is InChI=1S/C14H12F4N2O3/c1-2-20(10-6-11(21)19-12(10)22)13(23)7-3-8(14(16,17)18)5-9(15)4-7/h3-5,10H,2,6H2,1H3,(H,19,21,22). The van der Waals surface area contributed by atoms with Gasteiger partial charge in [0.1, 0.15) is 11.9 Å². The summed E-state index contributed by atoms with van der Waals surface area (Å²) in [6.45, 7) is 1.47. The van der Waals surface area contributed by atoms with Crippen LogP contribution in [0.5, 0.6) is 0 Å². The van der Waals surface area contributed by atoms with Crippen molar-refractivity contribution in [3.8, 4) is 0 Å². The summed E-state index contributed by atoms with van der Waals surface area (Å²) in [5.41, 5.74) is -1.84. The van der Waals surface area contributed by atoms with Crippen LogP contribution in [-0.4, -0.2) is 35.2 Å². The van der Waals surface area contributed by atoms with E-state index >= 15 is 0 Å². The number of imide groups is 1. The Kier molecular flexibility index (Phi) is 4.39. The molecule has 0 aromatic heterocycles. The number of nitrogens with zero attached hydrogens (tertiary/aromatic N) is 1. The normalized spacial score (nSPS) is 18.0. The predicted molar refractivity (Wildman–Crippen MR) is 69.7 cm³/mol. The summed E-state index contributed by atoms with van der Waals surface area (Å²) in [6, 6.07) is 0.342. The first-order valence-electron chi connectivity index (χ1n) is 6.66. The van der Waals surface area contributed by atoms with Crippen molar-refractivity contribution >= 4 is 17.7 Å². The second kappa shape index (κ2) is 5.98. The second-order valence-corrected chi connectivity index (χ2v) is 4.95. The third-order valence-electron chi connectivity index (χ3n) is 3.39. The van der Waals surface area contributed by atoms with Crippen molar-refractivity contribution in [2.24, 2.45) is 0 Å². The molecular formula is C14H12F4N2O3. The van der Waals surface area contributed by atoms with Crippen molar-refractivity contribution in [3.63, 3.8) is 0 Å². The van der Waals surface area contributed by atoms with E-state index in [0.29, 0.717) is 12.1 Å². The van der Waals surface area contributed by atoms with Crippen LogP contribution in [0.1, 0.15) is 29.3 Å². The van der Waals surface area contributed by atoms with Crippen LogP contribution < -0.4 is 5.32 Å². The highest BCUT2D eigenvalue weighted by molar-refractivity contribution is 6.08. The number of hydrogen-bond acceptors (Lipinski definition) is 3. The Bertz CT molecular complexity index is 672. The lowest BCUT2D eigenvalue weighted by Crippen LogP contribution is -2.44. The molecular weight excluding hydrogens is 320 g/mol. The number of amides is 3. The summed E-state index contributed by atoms with van der Waals surface area (Å²) in [6.07, 6.45) is -5.09. The lowest BCUT2D eigenvalue weighted by Gasteiger charge is -2.25. The molecule has 3 amide bonds. The molecule has 1 fully saturated rings. The maximum Gasteiger partial charge on any atom is 0.416 e. The van der Waals surface area contributed by atoms with Gasteiger partial charge in [0.15, 0.2) is 0 Å². The fourth-order valence-electron chi connectivity index (χ4n) is 2.34. The first-order valence-corrected chi connectivity index (χ1v) is 6.66. The molecule has 1 aromatic carbocycles. The van der Waals surface area contributed by atoms with Gasteiger partial charge in [-0.15, -0.1) is 0 Å². The molecule has 1 atom stereocenters. The summed E-state index contributed by atoms with van der Waals surface area (Å²) in [5, 5.41) is 2.01. The fraction of sp³-hybridized carbons (Fsp3) is 0.357. The smallest absolute Gasteiger partial charge is 0.326 e. The van der Waals surface area contributed by atoms with Gasteiger partial charge in [-0.05, 0) is 25.1 Å². The van der Waals surface area contributed by atoms with Crippen molar-refractivity contribution in [3.05, 3.63) is 35.1 Å². The third-order valence-corrected chi connectivity index (χ3v) is 3.39. The zero-order valence-corrected chi connectivity index (χ0v) is 11.9. The number of alkyl halides is 3. The minimum atomic E-state index is -4.81. The molecule has 0 radical (unpaired) electrons. The van der Waals surface area contributed by atoms with Gasteiger partial charge in [-0.3, -0.25) is 19.7 Å². The van der Waals surface area contributed by atoms with E-state index in [1.165, 1.54) is 6.92 Å². The topological polar surface area (TPSA) is 66.5 Å². The number of rotatable bonds is 3. The van der Waals surface area contributed by atoms with E-state index in [2.05, 4.69) is 0 Å². The van der Waals surface area contributed by atoms with E-state index in [9.17, 15) is 31.9 Å². The molecule has 0 spiro atoms. The molecule has 1 N–H and O–H groups in total. The van der Waals surface area contributed by atoms with Crippen LogP contribution >= 0.6 is 0 Å². The van der Waals surface area contributed by atoms with Crippen molar-refractivity contribution in [1.82, 2.24) is 10.2 Å². The zero-order chi connectivity index (χ0) is 17.4. The molecule has 2 rings (SSSR count). The molecule has 0 bridgehead atoms. The van der Waals surface area contributed by atoms with Gasteiger partial charge in [0.2, 0.25) is 11.8 Å². The van der Waals surface area contributed by atoms with Gasteiger partial charge >= 0.3 is 6.18 Å². The summed E-state index contributed by atoms with van der Waals surface area (Å²) in [5.74, 6) is -3.46. The van der Waals surface area contributed by atoms with E-state index in [4.69, 9.17) is 0 Å². The minimum Gasteiger partial charge on any atom is -0.326 e. The van der Waals surface area contributed by atoms with Crippen LogP contribution in [0.25, 0.3) is 0 Å². The van der Waals surface area contributed by atoms with E-state index in [-0.39, 0.29) is 19.0 Å². The monoisotopic (exact) mass is 332 g/mol. The maximum absolute atomic E-state index is 13.4. The molecule has 5 nitrogen and oxygen atoms in total. The predicted octanol–water partition coefficient (Wildman–Crippen LogP) is 1.72. The Morgan fingerprint density at radius 3 is 2.43 bits per heavy atom. The largest absolute Gasteiger partial charge is 0.416 e.